The van der Waals surface area contributed by atoms with Gasteiger partial charge in [-0.05, 0) is 30.7 Å². The van der Waals surface area contributed by atoms with Gasteiger partial charge in [0, 0.05) is 25.0 Å². The predicted molar refractivity (Wildman–Crippen MR) is 77.2 cm³/mol. The Hall–Kier alpha value is -2.05. The maximum absolute atomic E-state index is 10.2. The van der Waals surface area contributed by atoms with Crippen LogP contribution in [0.3, 0.4) is 0 Å². The van der Waals surface area contributed by atoms with Gasteiger partial charge in [-0.25, -0.2) is 0 Å². The van der Waals surface area contributed by atoms with Gasteiger partial charge in [0.15, 0.2) is 11.5 Å². The van der Waals surface area contributed by atoms with Crippen LogP contribution in [0.15, 0.2) is 36.7 Å². The van der Waals surface area contributed by atoms with Crippen LogP contribution >= 0.6 is 0 Å². The van der Waals surface area contributed by atoms with E-state index >= 15 is 0 Å². The van der Waals surface area contributed by atoms with Crippen LogP contribution in [0.5, 0.6) is 11.5 Å². The molecule has 0 radical (unpaired) electrons. The smallest absolute Gasteiger partial charge is 0.231 e. The van der Waals surface area contributed by atoms with Crippen LogP contribution in [0.2, 0.25) is 0 Å². The lowest BCUT2D eigenvalue weighted by molar-refractivity contribution is 0.166. The van der Waals surface area contributed by atoms with E-state index in [1.54, 1.807) is 6.20 Å². The van der Waals surface area contributed by atoms with Gasteiger partial charge < -0.3 is 19.9 Å². The van der Waals surface area contributed by atoms with Gasteiger partial charge in [-0.1, -0.05) is 6.07 Å². The molecule has 1 aliphatic heterocycles. The Morgan fingerprint density at radius 3 is 3.05 bits per heavy atom. The third kappa shape index (κ3) is 3.34. The van der Waals surface area contributed by atoms with E-state index in [0.29, 0.717) is 12.3 Å². The van der Waals surface area contributed by atoms with Gasteiger partial charge >= 0.3 is 0 Å². The van der Waals surface area contributed by atoms with Crippen LogP contribution in [0.1, 0.15) is 18.6 Å². The van der Waals surface area contributed by atoms with Crippen molar-refractivity contribution in [2.24, 2.45) is 0 Å². The number of benzene rings is 1. The first-order valence-corrected chi connectivity index (χ1v) is 7.01. The Morgan fingerprint density at radius 2 is 2.24 bits per heavy atom. The lowest BCUT2D eigenvalue weighted by Gasteiger charge is -2.17. The second-order valence-corrected chi connectivity index (χ2v) is 5.17. The van der Waals surface area contributed by atoms with Crippen LogP contribution < -0.4 is 14.8 Å². The lowest BCUT2D eigenvalue weighted by Crippen LogP contribution is -2.33. The molecule has 1 aliphatic rings. The van der Waals surface area contributed by atoms with Crippen molar-refractivity contribution in [1.29, 1.82) is 0 Å². The Labute approximate surface area is 123 Å². The average molecular weight is 289 g/mol. The Bertz CT molecular complexity index is 586. The van der Waals surface area contributed by atoms with Crippen molar-refractivity contribution in [3.63, 3.8) is 0 Å². The van der Waals surface area contributed by atoms with Crippen LogP contribution in [0, 0.1) is 0 Å². The van der Waals surface area contributed by atoms with E-state index in [2.05, 4.69) is 17.3 Å². The summed E-state index contributed by atoms with van der Waals surface area (Å²) >= 11 is 0. The molecule has 0 amide bonds. The summed E-state index contributed by atoms with van der Waals surface area (Å²) in [4.78, 5) is 0. The standard InChI is InChI=1S/C15H19N3O3/c1-11(9-18-6-2-5-17-18)16-8-13(19)12-3-4-14-15(7-12)21-10-20-14/h2-7,11,13,16,19H,8-10H2,1H3. The van der Waals surface area contributed by atoms with Crippen molar-refractivity contribution >= 4 is 0 Å². The third-order valence-corrected chi connectivity index (χ3v) is 3.46. The van der Waals surface area contributed by atoms with E-state index in [-0.39, 0.29) is 12.8 Å². The molecule has 6 nitrogen and oxygen atoms in total. The summed E-state index contributed by atoms with van der Waals surface area (Å²) in [5, 5.41) is 17.7. The highest BCUT2D eigenvalue weighted by Crippen LogP contribution is 2.34. The highest BCUT2D eigenvalue weighted by Gasteiger charge is 2.17. The second-order valence-electron chi connectivity index (χ2n) is 5.17. The molecule has 0 saturated carbocycles. The van der Waals surface area contributed by atoms with Crippen molar-refractivity contribution in [3.8, 4) is 11.5 Å². The average Bonchev–Trinajstić information content (AvgIpc) is 3.14. The van der Waals surface area contributed by atoms with Gasteiger partial charge in [0.1, 0.15) is 0 Å². The number of aliphatic hydroxyl groups excluding tert-OH is 1. The number of rotatable bonds is 6. The number of nitrogens with zero attached hydrogens (tertiary/aromatic N) is 2. The fraction of sp³-hybridized carbons (Fsp3) is 0.400. The zero-order valence-electron chi connectivity index (χ0n) is 11.9. The first-order valence-electron chi connectivity index (χ1n) is 7.01. The third-order valence-electron chi connectivity index (χ3n) is 3.46. The number of nitrogens with one attached hydrogen (secondary N) is 1. The molecule has 0 saturated heterocycles. The van der Waals surface area contributed by atoms with Gasteiger partial charge in [0.25, 0.3) is 0 Å². The number of hydrogen-bond acceptors (Lipinski definition) is 5. The molecular formula is C15H19N3O3. The van der Waals surface area contributed by atoms with Gasteiger partial charge in [0.05, 0.1) is 12.6 Å². The molecule has 1 aromatic carbocycles. The summed E-state index contributed by atoms with van der Waals surface area (Å²) in [5.41, 5.74) is 0.818. The molecule has 112 valence electrons. The normalized spacial score (nSPS) is 15.9. The number of aliphatic hydroxyl groups is 1. The molecule has 3 rings (SSSR count). The zero-order chi connectivity index (χ0) is 14.7. The summed E-state index contributed by atoms with van der Waals surface area (Å²) in [5.74, 6) is 1.42. The molecular weight excluding hydrogens is 270 g/mol. The summed E-state index contributed by atoms with van der Waals surface area (Å²) in [6, 6.07) is 7.63. The van der Waals surface area contributed by atoms with E-state index in [4.69, 9.17) is 9.47 Å². The minimum absolute atomic E-state index is 0.216. The van der Waals surface area contributed by atoms with Gasteiger partial charge in [-0.15, -0.1) is 0 Å². The molecule has 2 unspecified atom stereocenters. The molecule has 2 N–H and O–H groups in total. The number of aromatic nitrogens is 2. The number of hydrogen-bond donors (Lipinski definition) is 2. The minimum Gasteiger partial charge on any atom is -0.454 e. The van der Waals surface area contributed by atoms with Gasteiger partial charge in [-0.2, -0.15) is 5.10 Å². The highest BCUT2D eigenvalue weighted by atomic mass is 16.7. The maximum atomic E-state index is 10.2. The molecule has 0 bridgehead atoms. The summed E-state index contributed by atoms with van der Waals surface area (Å²) in [6.07, 6.45) is 3.10. The van der Waals surface area contributed by atoms with Crippen molar-refractivity contribution in [3.05, 3.63) is 42.2 Å². The van der Waals surface area contributed by atoms with Crippen LogP contribution in [-0.2, 0) is 6.54 Å². The van der Waals surface area contributed by atoms with Crippen molar-refractivity contribution in [2.75, 3.05) is 13.3 Å². The monoisotopic (exact) mass is 289 g/mol. The van der Waals surface area contributed by atoms with E-state index in [1.807, 2.05) is 35.1 Å². The zero-order valence-corrected chi connectivity index (χ0v) is 11.9. The van der Waals surface area contributed by atoms with E-state index in [0.717, 1.165) is 17.9 Å². The number of fused-ring (bicyclic) bond motifs is 1. The van der Waals surface area contributed by atoms with E-state index in [9.17, 15) is 5.11 Å². The molecule has 2 atom stereocenters. The van der Waals surface area contributed by atoms with Gasteiger partial charge in [0.2, 0.25) is 6.79 Å². The molecule has 2 aromatic rings. The van der Waals surface area contributed by atoms with Crippen molar-refractivity contribution < 1.29 is 14.6 Å². The van der Waals surface area contributed by atoms with Crippen molar-refractivity contribution in [2.45, 2.75) is 25.6 Å². The van der Waals surface area contributed by atoms with Crippen LogP contribution in [0.25, 0.3) is 0 Å². The van der Waals surface area contributed by atoms with Crippen LogP contribution in [0.4, 0.5) is 0 Å². The maximum Gasteiger partial charge on any atom is 0.231 e. The van der Waals surface area contributed by atoms with Crippen LogP contribution in [-0.4, -0.2) is 34.3 Å². The molecule has 1 aromatic heterocycles. The summed E-state index contributed by atoms with van der Waals surface area (Å²) < 4.78 is 12.4. The van der Waals surface area contributed by atoms with E-state index < -0.39 is 6.10 Å². The topological polar surface area (TPSA) is 68.5 Å². The van der Waals surface area contributed by atoms with Crippen molar-refractivity contribution in [1.82, 2.24) is 15.1 Å². The largest absolute Gasteiger partial charge is 0.454 e. The quantitative estimate of drug-likeness (QED) is 0.839. The Morgan fingerprint density at radius 1 is 1.38 bits per heavy atom. The SMILES string of the molecule is CC(Cn1cccn1)NCC(O)c1ccc2c(c1)OCO2. The minimum atomic E-state index is -0.584. The first-order chi connectivity index (χ1) is 10.2. The second kappa shape index (κ2) is 6.15. The lowest BCUT2D eigenvalue weighted by atomic mass is 10.1. The Balaban J connectivity index is 1.53. The van der Waals surface area contributed by atoms with Gasteiger partial charge in [-0.3, -0.25) is 4.68 Å². The number of ether oxygens (including phenoxy) is 2. The Kier molecular flexibility index (Phi) is 4.08. The fourth-order valence-corrected chi connectivity index (χ4v) is 2.30. The fourth-order valence-electron chi connectivity index (χ4n) is 2.30. The summed E-state index contributed by atoms with van der Waals surface area (Å²) in [7, 11) is 0. The molecule has 2 heterocycles. The molecule has 0 fully saturated rings. The molecule has 0 aliphatic carbocycles. The summed E-state index contributed by atoms with van der Waals surface area (Å²) in [6.45, 7) is 3.55. The molecule has 6 heteroatoms. The first kappa shape index (κ1) is 13.9. The molecule has 21 heavy (non-hydrogen) atoms. The van der Waals surface area contributed by atoms with E-state index in [1.165, 1.54) is 0 Å². The molecule has 0 spiro atoms. The highest BCUT2D eigenvalue weighted by molar-refractivity contribution is 5.45. The predicted octanol–water partition coefficient (Wildman–Crippen LogP) is 1.32.